The summed E-state index contributed by atoms with van der Waals surface area (Å²) in [5.41, 5.74) is 0. The molecule has 2 rings (SSSR count). The van der Waals surface area contributed by atoms with Crippen LogP contribution in [0.15, 0.2) is 0 Å². The van der Waals surface area contributed by atoms with E-state index in [2.05, 4.69) is 4.52 Å². The molecule has 2 heterocycles. The van der Waals surface area contributed by atoms with E-state index in [0.29, 0.717) is 0 Å². The number of phosphoric acid groups is 1. The summed E-state index contributed by atoms with van der Waals surface area (Å²) in [7, 11) is -4.92. The molecule has 9 N–H and O–H groups in total. The smallest absolute Gasteiger partial charge is 0.394 e. The molecule has 0 bridgehead atoms. The van der Waals surface area contributed by atoms with Gasteiger partial charge < -0.3 is 59.7 Å². The van der Waals surface area contributed by atoms with Crippen molar-refractivity contribution >= 4 is 59.2 Å². The van der Waals surface area contributed by atoms with Gasteiger partial charge in [-0.15, -0.1) is 0 Å². The van der Waals surface area contributed by atoms with E-state index in [1.54, 1.807) is 0 Å². The van der Waals surface area contributed by atoms with Gasteiger partial charge in [0.25, 0.3) is 0 Å². The Kier molecular flexibility index (Phi) is 11.0. The summed E-state index contributed by atoms with van der Waals surface area (Å²) < 4.78 is 30.3. The third-order valence-electron chi connectivity index (χ3n) is 4.19. The maximum absolute atomic E-state index is 10.8. The van der Waals surface area contributed by atoms with E-state index in [0.717, 1.165) is 0 Å². The Hall–Kier alpha value is 1.35. The van der Waals surface area contributed by atoms with E-state index < -0.39 is 82.4 Å². The Bertz CT molecular complexity index is 532. The number of aliphatic hydroxyl groups excluding tert-OH is 7. The molecule has 10 atom stereocenters. The zero-order valence-electron chi connectivity index (χ0n) is 14.7. The van der Waals surface area contributed by atoms with Crippen LogP contribution in [-0.2, 0) is 23.3 Å². The van der Waals surface area contributed by atoms with Gasteiger partial charge in [-0.05, 0) is 0 Å². The molecule has 0 aromatic heterocycles. The van der Waals surface area contributed by atoms with E-state index in [-0.39, 0.29) is 51.4 Å². The zero-order valence-corrected chi connectivity index (χ0v) is 18.7. The predicted molar refractivity (Wildman–Crippen MR) is 85.3 cm³/mol. The van der Waals surface area contributed by atoms with Crippen molar-refractivity contribution in [1.29, 1.82) is 0 Å². The molecule has 2 saturated heterocycles. The van der Waals surface area contributed by atoms with Crippen molar-refractivity contribution in [3.8, 4) is 0 Å². The summed E-state index contributed by atoms with van der Waals surface area (Å²) in [5.74, 6) is 0. The summed E-state index contributed by atoms with van der Waals surface area (Å²) >= 11 is 0. The Morgan fingerprint density at radius 2 is 1.18 bits per heavy atom. The molecule has 28 heavy (non-hydrogen) atoms. The van der Waals surface area contributed by atoms with Crippen molar-refractivity contribution in [3.05, 3.63) is 0 Å². The monoisotopic (exact) mass is 461 g/mol. The Morgan fingerprint density at radius 3 is 1.61 bits per heavy atom. The number of ether oxygens (including phenoxy) is 3. The van der Waals surface area contributed by atoms with Crippen LogP contribution in [0.5, 0.6) is 0 Å². The summed E-state index contributed by atoms with van der Waals surface area (Å²) in [6.45, 7) is -1.61. The fraction of sp³-hybridized carbons (Fsp3) is 1.00. The van der Waals surface area contributed by atoms with Crippen LogP contribution in [0.1, 0.15) is 0 Å². The molecule has 0 aliphatic carbocycles. The second kappa shape index (κ2) is 11.3. The molecule has 14 nitrogen and oxygen atoms in total. The van der Waals surface area contributed by atoms with Crippen LogP contribution in [0.3, 0.4) is 0 Å². The summed E-state index contributed by atoms with van der Waals surface area (Å²) in [5, 5.41) is 68.1. The van der Waals surface area contributed by atoms with Gasteiger partial charge in [0.1, 0.15) is 48.8 Å². The summed E-state index contributed by atoms with van der Waals surface area (Å²) in [6.07, 6.45) is -17.1. The summed E-state index contributed by atoms with van der Waals surface area (Å²) in [4.78, 5) is 17.4. The molecule has 0 amide bonds. The van der Waals surface area contributed by atoms with Crippen molar-refractivity contribution in [2.24, 2.45) is 0 Å². The molecular formula is C12H23KO14P. The molecule has 0 spiro atoms. The van der Waals surface area contributed by atoms with Gasteiger partial charge in [-0.3, -0.25) is 4.52 Å². The van der Waals surface area contributed by atoms with Crippen LogP contribution < -0.4 is 0 Å². The maximum atomic E-state index is 10.8. The van der Waals surface area contributed by atoms with E-state index in [9.17, 15) is 35.2 Å². The number of aliphatic hydroxyl groups is 7. The van der Waals surface area contributed by atoms with Crippen molar-refractivity contribution in [2.75, 3.05) is 13.2 Å². The summed E-state index contributed by atoms with van der Waals surface area (Å²) in [6, 6.07) is 0. The Labute approximate surface area is 201 Å². The van der Waals surface area contributed by atoms with Crippen LogP contribution in [0.2, 0.25) is 0 Å². The van der Waals surface area contributed by atoms with Gasteiger partial charge in [0.2, 0.25) is 0 Å². The van der Waals surface area contributed by atoms with Crippen LogP contribution >= 0.6 is 7.82 Å². The average Bonchev–Trinajstić information content (AvgIpc) is 2.60. The zero-order chi connectivity index (χ0) is 20.5. The molecule has 0 saturated carbocycles. The molecule has 2 fully saturated rings. The van der Waals surface area contributed by atoms with Gasteiger partial charge in [0, 0.05) is 51.4 Å². The Balaban J connectivity index is 0.00000392. The molecule has 2 aliphatic heterocycles. The fourth-order valence-corrected chi connectivity index (χ4v) is 2.99. The first-order chi connectivity index (χ1) is 12.5. The molecular weight excluding hydrogens is 438 g/mol. The van der Waals surface area contributed by atoms with Crippen molar-refractivity contribution in [3.63, 3.8) is 0 Å². The van der Waals surface area contributed by atoms with Crippen LogP contribution in [-0.4, -0.2) is 172 Å². The number of hydrogen-bond donors (Lipinski definition) is 9. The molecule has 16 heteroatoms. The first kappa shape index (κ1) is 27.4. The molecule has 161 valence electrons. The van der Waals surface area contributed by atoms with Gasteiger partial charge in [0.15, 0.2) is 12.6 Å². The molecule has 0 aromatic rings. The predicted octanol–water partition coefficient (Wildman–Crippen LogP) is -5.66. The van der Waals surface area contributed by atoms with Crippen molar-refractivity contribution < 1.29 is 68.8 Å². The first-order valence-electron chi connectivity index (χ1n) is 7.82. The standard InChI is InChI=1S/C12H23O14P.K/c13-1-3-5(14)7(16)9(18)11(24-3)26-12-10(19)8(17)6(15)4(25-12)2-23-27(20,21)22;/h3-19H,1-2H2,(H2,20,21,22);. The van der Waals surface area contributed by atoms with E-state index in [4.69, 9.17) is 29.1 Å². The van der Waals surface area contributed by atoms with Gasteiger partial charge in [-0.2, -0.15) is 0 Å². The third kappa shape index (κ3) is 6.67. The minimum atomic E-state index is -4.92. The van der Waals surface area contributed by atoms with Crippen LogP contribution in [0, 0.1) is 0 Å². The maximum Gasteiger partial charge on any atom is 0.469 e. The van der Waals surface area contributed by atoms with Gasteiger partial charge in [-0.25, -0.2) is 4.57 Å². The molecule has 1 radical (unpaired) electrons. The normalized spacial score (nSPS) is 44.8. The third-order valence-corrected chi connectivity index (χ3v) is 4.68. The fourth-order valence-electron chi connectivity index (χ4n) is 2.65. The quantitative estimate of drug-likeness (QED) is 0.132. The van der Waals surface area contributed by atoms with Crippen molar-refractivity contribution in [1.82, 2.24) is 0 Å². The second-order valence-corrected chi connectivity index (χ2v) is 7.37. The van der Waals surface area contributed by atoms with Gasteiger partial charge in [0.05, 0.1) is 13.2 Å². The topological polar surface area (TPSA) is 236 Å². The number of phosphoric ester groups is 1. The largest absolute Gasteiger partial charge is 0.469 e. The van der Waals surface area contributed by atoms with Gasteiger partial charge in [-0.1, -0.05) is 0 Å². The SMILES string of the molecule is O=P(O)(O)OCC1OC(OC2OC(CO)C(O)C(O)C2O)C(O)C(O)C1O.[K]. The molecule has 0 aromatic carbocycles. The molecule has 2 aliphatic rings. The van der Waals surface area contributed by atoms with Crippen molar-refractivity contribution in [2.45, 2.75) is 61.4 Å². The second-order valence-electron chi connectivity index (χ2n) is 6.13. The van der Waals surface area contributed by atoms with Gasteiger partial charge >= 0.3 is 7.82 Å². The van der Waals surface area contributed by atoms with Crippen LogP contribution in [0.25, 0.3) is 0 Å². The number of hydrogen-bond acceptors (Lipinski definition) is 12. The Morgan fingerprint density at radius 1 is 0.750 bits per heavy atom. The first-order valence-corrected chi connectivity index (χ1v) is 9.35. The van der Waals surface area contributed by atoms with Crippen LogP contribution in [0.4, 0.5) is 0 Å². The minimum Gasteiger partial charge on any atom is -0.394 e. The number of rotatable bonds is 6. The van der Waals surface area contributed by atoms with E-state index in [1.165, 1.54) is 0 Å². The van der Waals surface area contributed by atoms with E-state index >= 15 is 0 Å². The van der Waals surface area contributed by atoms with E-state index in [1.807, 2.05) is 0 Å². The molecule has 10 unspecified atom stereocenters. The minimum absolute atomic E-state index is 0. The average molecular weight is 461 g/mol.